The van der Waals surface area contributed by atoms with Crippen LogP contribution < -0.4 is 10.6 Å². The molecule has 3 rings (SSSR count). The monoisotopic (exact) mass is 369 g/mol. The predicted octanol–water partition coefficient (Wildman–Crippen LogP) is 0.778. The van der Waals surface area contributed by atoms with Crippen molar-refractivity contribution >= 4 is 11.8 Å². The molecule has 1 aromatic heterocycles. The first-order chi connectivity index (χ1) is 13.0. The second-order valence-corrected chi connectivity index (χ2v) is 6.96. The molecule has 1 aliphatic rings. The van der Waals surface area contributed by atoms with E-state index in [4.69, 9.17) is 0 Å². The fourth-order valence-electron chi connectivity index (χ4n) is 3.38. The Balaban J connectivity index is 1.56. The largest absolute Gasteiger partial charge is 0.356 e. The number of carbonyl (C=O) groups is 2. The molecule has 144 valence electrons. The number of hydrogen-bond acceptors (Lipinski definition) is 4. The van der Waals surface area contributed by atoms with Crippen molar-refractivity contribution in [2.75, 3.05) is 19.6 Å². The molecule has 1 aromatic carbocycles. The van der Waals surface area contributed by atoms with Crippen molar-refractivity contribution in [2.45, 2.75) is 32.4 Å². The highest BCUT2D eigenvalue weighted by atomic mass is 16.2. The van der Waals surface area contributed by atoms with Crippen LogP contribution in [-0.2, 0) is 29.6 Å². The van der Waals surface area contributed by atoms with Crippen LogP contribution in [0, 0.1) is 6.92 Å². The summed E-state index contributed by atoms with van der Waals surface area (Å²) in [6.07, 6.45) is 4.46. The summed E-state index contributed by atoms with van der Waals surface area (Å²) in [6.45, 7) is 4.60. The van der Waals surface area contributed by atoms with Gasteiger partial charge in [0.05, 0.1) is 12.5 Å². The van der Waals surface area contributed by atoms with Crippen LogP contribution >= 0.6 is 0 Å². The molecule has 1 saturated heterocycles. The van der Waals surface area contributed by atoms with Crippen LogP contribution in [0.3, 0.4) is 0 Å². The van der Waals surface area contributed by atoms with Crippen LogP contribution in [0.25, 0.3) is 0 Å². The maximum absolute atomic E-state index is 12.4. The number of amides is 2. The normalized spacial score (nSPS) is 17.6. The Hall–Kier alpha value is -2.67. The molecular weight excluding hydrogens is 342 g/mol. The van der Waals surface area contributed by atoms with Gasteiger partial charge in [-0.05, 0) is 18.1 Å². The first kappa shape index (κ1) is 19.1. The van der Waals surface area contributed by atoms with Crippen molar-refractivity contribution in [3.8, 4) is 0 Å². The molecule has 2 aromatic rings. The Morgan fingerprint density at radius 2 is 2.19 bits per heavy atom. The summed E-state index contributed by atoms with van der Waals surface area (Å²) in [6, 6.07) is 7.72. The third-order valence-electron chi connectivity index (χ3n) is 5.05. The third-order valence-corrected chi connectivity index (χ3v) is 5.05. The first-order valence-corrected chi connectivity index (χ1v) is 9.34. The fraction of sp³-hybridized carbons (Fsp3) is 0.450. The summed E-state index contributed by atoms with van der Waals surface area (Å²) in [5.74, 6) is 0.738. The number of nitrogens with zero attached hydrogens (tertiary/aromatic N) is 3. The molecule has 7 heteroatoms. The van der Waals surface area contributed by atoms with Gasteiger partial charge >= 0.3 is 0 Å². The summed E-state index contributed by atoms with van der Waals surface area (Å²) in [5, 5.41) is 5.79. The first-order valence-electron chi connectivity index (χ1n) is 9.34. The number of carbonyl (C=O) groups excluding carboxylic acids is 2. The molecule has 2 N–H and O–H groups in total. The molecule has 1 fully saturated rings. The van der Waals surface area contributed by atoms with Gasteiger partial charge in [-0.1, -0.05) is 24.3 Å². The van der Waals surface area contributed by atoms with Gasteiger partial charge in [-0.15, -0.1) is 0 Å². The van der Waals surface area contributed by atoms with Gasteiger partial charge in [0.1, 0.15) is 5.82 Å². The zero-order valence-electron chi connectivity index (χ0n) is 15.9. The van der Waals surface area contributed by atoms with Crippen molar-refractivity contribution in [2.24, 2.45) is 7.05 Å². The highest BCUT2D eigenvalue weighted by Gasteiger charge is 2.31. The Kier molecular flexibility index (Phi) is 6.24. The Morgan fingerprint density at radius 3 is 2.93 bits per heavy atom. The average molecular weight is 369 g/mol. The molecule has 1 atom stereocenters. The maximum Gasteiger partial charge on any atom is 0.237 e. The topological polar surface area (TPSA) is 79.3 Å². The zero-order chi connectivity index (χ0) is 19.2. The molecule has 0 aliphatic carbocycles. The lowest BCUT2D eigenvalue weighted by Gasteiger charge is -2.35. The average Bonchev–Trinajstić information content (AvgIpc) is 3.05. The highest BCUT2D eigenvalue weighted by molar-refractivity contribution is 5.88. The van der Waals surface area contributed by atoms with Crippen LogP contribution in [0.4, 0.5) is 0 Å². The Morgan fingerprint density at radius 1 is 1.37 bits per heavy atom. The molecule has 7 nitrogen and oxygen atoms in total. The second-order valence-electron chi connectivity index (χ2n) is 6.96. The van der Waals surface area contributed by atoms with Crippen molar-refractivity contribution in [1.29, 1.82) is 0 Å². The lowest BCUT2D eigenvalue weighted by atomic mass is 10.0. The molecule has 1 unspecified atom stereocenters. The summed E-state index contributed by atoms with van der Waals surface area (Å²) in [7, 11) is 1.93. The van der Waals surface area contributed by atoms with E-state index in [1.807, 2.05) is 29.9 Å². The van der Waals surface area contributed by atoms with E-state index in [0.717, 1.165) is 12.4 Å². The molecule has 2 amide bonds. The van der Waals surface area contributed by atoms with E-state index in [0.29, 0.717) is 26.1 Å². The van der Waals surface area contributed by atoms with E-state index >= 15 is 0 Å². The lowest BCUT2D eigenvalue weighted by molar-refractivity contribution is -0.134. The Labute approximate surface area is 159 Å². The third kappa shape index (κ3) is 4.95. The summed E-state index contributed by atoms with van der Waals surface area (Å²) >= 11 is 0. The van der Waals surface area contributed by atoms with E-state index in [1.165, 1.54) is 11.1 Å². The van der Waals surface area contributed by atoms with Gasteiger partial charge < -0.3 is 15.2 Å². The second kappa shape index (κ2) is 8.81. The number of nitrogens with one attached hydrogen (secondary N) is 2. The molecule has 0 radical (unpaired) electrons. The number of imidazole rings is 1. The number of hydrogen-bond donors (Lipinski definition) is 2. The van der Waals surface area contributed by atoms with E-state index in [1.54, 1.807) is 6.20 Å². The Bertz CT molecular complexity index is 801. The number of aryl methyl sites for hydroxylation is 2. The van der Waals surface area contributed by atoms with E-state index < -0.39 is 6.04 Å². The summed E-state index contributed by atoms with van der Waals surface area (Å²) < 4.78 is 1.94. The molecular formula is C20H27N5O2. The minimum atomic E-state index is -0.438. The van der Waals surface area contributed by atoms with Gasteiger partial charge in [0.15, 0.2) is 0 Å². The van der Waals surface area contributed by atoms with Crippen LogP contribution in [0.2, 0.25) is 0 Å². The quantitative estimate of drug-likeness (QED) is 0.756. The zero-order valence-corrected chi connectivity index (χ0v) is 15.9. The van der Waals surface area contributed by atoms with Crippen molar-refractivity contribution in [3.63, 3.8) is 0 Å². The van der Waals surface area contributed by atoms with Gasteiger partial charge in [0.2, 0.25) is 11.8 Å². The van der Waals surface area contributed by atoms with E-state index in [9.17, 15) is 9.59 Å². The van der Waals surface area contributed by atoms with Crippen LogP contribution in [0.15, 0.2) is 36.7 Å². The molecule has 0 bridgehead atoms. The van der Waals surface area contributed by atoms with Crippen LogP contribution in [0.1, 0.15) is 23.4 Å². The summed E-state index contributed by atoms with van der Waals surface area (Å²) in [4.78, 5) is 31.1. The van der Waals surface area contributed by atoms with Crippen molar-refractivity contribution in [3.05, 3.63) is 53.6 Å². The van der Waals surface area contributed by atoms with Gasteiger partial charge in [-0.3, -0.25) is 14.5 Å². The number of piperazine rings is 1. The summed E-state index contributed by atoms with van der Waals surface area (Å²) in [5.41, 5.74) is 2.38. The fourth-order valence-corrected chi connectivity index (χ4v) is 3.38. The SMILES string of the molecule is Cc1ccccc1CN1CCNC(=O)C1CC(=O)NCCc1nccn1C. The lowest BCUT2D eigenvalue weighted by Crippen LogP contribution is -2.56. The van der Waals surface area contributed by atoms with Crippen molar-refractivity contribution < 1.29 is 9.59 Å². The van der Waals surface area contributed by atoms with Crippen LogP contribution in [-0.4, -0.2) is 51.9 Å². The molecule has 27 heavy (non-hydrogen) atoms. The highest BCUT2D eigenvalue weighted by Crippen LogP contribution is 2.16. The molecule has 1 aliphatic heterocycles. The molecule has 2 heterocycles. The van der Waals surface area contributed by atoms with Crippen molar-refractivity contribution in [1.82, 2.24) is 25.1 Å². The predicted molar refractivity (Wildman–Crippen MR) is 103 cm³/mol. The van der Waals surface area contributed by atoms with Crippen LogP contribution in [0.5, 0.6) is 0 Å². The van der Waals surface area contributed by atoms with E-state index in [-0.39, 0.29) is 18.2 Å². The van der Waals surface area contributed by atoms with Gasteiger partial charge in [-0.2, -0.15) is 0 Å². The molecule has 0 spiro atoms. The van der Waals surface area contributed by atoms with E-state index in [2.05, 4.69) is 39.6 Å². The minimum Gasteiger partial charge on any atom is -0.356 e. The number of benzene rings is 1. The maximum atomic E-state index is 12.4. The molecule has 0 saturated carbocycles. The standard InChI is InChI=1S/C20H27N5O2/c1-15-5-3-4-6-16(15)14-25-12-10-23-20(27)17(25)13-19(26)22-8-7-18-21-9-11-24(18)2/h3-6,9,11,17H,7-8,10,12-14H2,1-2H3,(H,22,26)(H,23,27). The minimum absolute atomic E-state index is 0.0749. The smallest absolute Gasteiger partial charge is 0.237 e. The van der Waals surface area contributed by atoms with Gasteiger partial charge in [0, 0.05) is 52.0 Å². The van der Waals surface area contributed by atoms with Gasteiger partial charge in [-0.25, -0.2) is 4.98 Å². The number of aromatic nitrogens is 2. The number of rotatable bonds is 7. The van der Waals surface area contributed by atoms with Gasteiger partial charge in [0.25, 0.3) is 0 Å².